The van der Waals surface area contributed by atoms with Gasteiger partial charge in [-0.2, -0.15) is 13.2 Å². The highest BCUT2D eigenvalue weighted by Crippen LogP contribution is 2.29. The van der Waals surface area contributed by atoms with Gasteiger partial charge in [-0.25, -0.2) is 8.42 Å². The van der Waals surface area contributed by atoms with Crippen LogP contribution in [0.15, 0.2) is 48.5 Å². The van der Waals surface area contributed by atoms with Gasteiger partial charge in [-0.3, -0.25) is 13.9 Å². The molecule has 2 N–H and O–H groups in total. The number of halogens is 3. The minimum absolute atomic E-state index is 0.00743. The zero-order valence-corrected chi connectivity index (χ0v) is 16.4. The Morgan fingerprint density at radius 1 is 1.00 bits per heavy atom. The zero-order valence-electron chi connectivity index (χ0n) is 15.6. The third-order valence-corrected chi connectivity index (χ3v) is 6.29. The number of hydrogen-bond acceptors (Lipinski definition) is 4. The van der Waals surface area contributed by atoms with Crippen LogP contribution in [-0.2, 0) is 21.0 Å². The number of benzene rings is 2. The fourth-order valence-corrected chi connectivity index (χ4v) is 4.48. The Bertz CT molecular complexity index is 1040. The van der Waals surface area contributed by atoms with Crippen LogP contribution >= 0.6 is 0 Å². The second kappa shape index (κ2) is 8.34. The first-order valence-corrected chi connectivity index (χ1v) is 10.5. The van der Waals surface area contributed by atoms with Crippen molar-refractivity contribution in [2.24, 2.45) is 0 Å². The van der Waals surface area contributed by atoms with Crippen LogP contribution in [-0.4, -0.2) is 39.1 Å². The van der Waals surface area contributed by atoms with Gasteiger partial charge in [-0.15, -0.1) is 0 Å². The fraction of sp³-hybridized carbons (Fsp3) is 0.263. The monoisotopic (exact) mass is 441 g/mol. The molecule has 0 radical (unpaired) electrons. The Morgan fingerprint density at radius 3 is 2.17 bits per heavy atom. The Labute approximate surface area is 170 Å². The summed E-state index contributed by atoms with van der Waals surface area (Å²) in [5.74, 6) is -1.13. The van der Waals surface area contributed by atoms with Gasteiger partial charge >= 0.3 is 6.18 Å². The Balaban J connectivity index is 1.52. The molecule has 0 spiro atoms. The average molecular weight is 441 g/mol. The van der Waals surface area contributed by atoms with E-state index in [1.165, 1.54) is 4.31 Å². The van der Waals surface area contributed by atoms with Gasteiger partial charge in [0.25, 0.3) is 5.91 Å². The highest BCUT2D eigenvalue weighted by atomic mass is 32.2. The highest BCUT2D eigenvalue weighted by Gasteiger charge is 2.30. The van der Waals surface area contributed by atoms with Crippen molar-refractivity contribution in [2.75, 3.05) is 28.5 Å². The predicted molar refractivity (Wildman–Crippen MR) is 105 cm³/mol. The Morgan fingerprint density at radius 2 is 1.63 bits per heavy atom. The third kappa shape index (κ3) is 5.09. The van der Waals surface area contributed by atoms with Crippen molar-refractivity contribution in [1.29, 1.82) is 0 Å². The van der Waals surface area contributed by atoms with Crippen molar-refractivity contribution in [3.63, 3.8) is 0 Å². The lowest BCUT2D eigenvalue weighted by molar-refractivity contribution is -0.137. The molecule has 2 amide bonds. The summed E-state index contributed by atoms with van der Waals surface area (Å²) in [6.07, 6.45) is -3.94. The molecule has 0 atom stereocenters. The quantitative estimate of drug-likeness (QED) is 0.746. The molecule has 7 nitrogen and oxygen atoms in total. The van der Waals surface area contributed by atoms with E-state index >= 15 is 0 Å². The predicted octanol–water partition coefficient (Wildman–Crippen LogP) is 2.61. The summed E-state index contributed by atoms with van der Waals surface area (Å²) in [6, 6.07) is 9.85. The van der Waals surface area contributed by atoms with Crippen LogP contribution in [0.2, 0.25) is 0 Å². The number of carbonyl (C=O) groups excluding carboxylic acids is 2. The van der Waals surface area contributed by atoms with E-state index in [9.17, 15) is 31.2 Å². The molecule has 3 rings (SSSR count). The second-order valence-electron chi connectivity index (χ2n) is 6.59. The number of sulfonamides is 1. The summed E-state index contributed by atoms with van der Waals surface area (Å²) in [6.45, 7) is 0.0200. The van der Waals surface area contributed by atoms with E-state index in [1.807, 2.05) is 0 Å². The molecule has 1 aliphatic rings. The van der Waals surface area contributed by atoms with Gasteiger partial charge in [0.2, 0.25) is 15.9 Å². The molecule has 2 aromatic rings. The number of nitrogens with one attached hydrogen (secondary N) is 2. The molecule has 1 aliphatic heterocycles. The summed E-state index contributed by atoms with van der Waals surface area (Å²) in [5, 5.41) is 4.87. The molecule has 1 saturated heterocycles. The van der Waals surface area contributed by atoms with E-state index < -0.39 is 33.6 Å². The molecular weight excluding hydrogens is 423 g/mol. The number of anilines is 2. The first-order valence-electron chi connectivity index (χ1n) is 8.92. The van der Waals surface area contributed by atoms with Crippen molar-refractivity contribution in [1.82, 2.24) is 5.32 Å². The van der Waals surface area contributed by atoms with Crippen LogP contribution in [0.1, 0.15) is 22.3 Å². The van der Waals surface area contributed by atoms with Crippen LogP contribution in [0.3, 0.4) is 0 Å². The van der Waals surface area contributed by atoms with Gasteiger partial charge in [0, 0.05) is 17.8 Å². The maximum Gasteiger partial charge on any atom is 0.416 e. The maximum absolute atomic E-state index is 12.5. The number of amides is 2. The smallest absolute Gasteiger partial charge is 0.343 e. The van der Waals surface area contributed by atoms with E-state index in [0.29, 0.717) is 24.3 Å². The van der Waals surface area contributed by atoms with Crippen LogP contribution in [0.5, 0.6) is 0 Å². The molecular formula is C19H18F3N3O4S. The normalized spacial score (nSPS) is 15.6. The molecule has 2 aromatic carbocycles. The lowest BCUT2D eigenvalue weighted by Crippen LogP contribution is -2.32. The lowest BCUT2D eigenvalue weighted by atomic mass is 10.1. The number of nitrogens with zero attached hydrogens (tertiary/aromatic N) is 1. The Hall–Kier alpha value is -3.08. The largest absolute Gasteiger partial charge is 0.416 e. The third-order valence-electron chi connectivity index (χ3n) is 4.42. The number of carbonyl (C=O) groups is 2. The highest BCUT2D eigenvalue weighted by molar-refractivity contribution is 7.93. The van der Waals surface area contributed by atoms with Gasteiger partial charge in [0.1, 0.15) is 0 Å². The molecule has 11 heteroatoms. The van der Waals surface area contributed by atoms with E-state index in [-0.39, 0.29) is 17.9 Å². The summed E-state index contributed by atoms with van der Waals surface area (Å²) in [7, 11) is -3.30. The molecule has 0 aliphatic carbocycles. The molecule has 30 heavy (non-hydrogen) atoms. The Kier molecular flexibility index (Phi) is 6.01. The minimum atomic E-state index is -4.50. The summed E-state index contributed by atoms with van der Waals surface area (Å²) < 4.78 is 62.8. The van der Waals surface area contributed by atoms with E-state index in [2.05, 4.69) is 10.6 Å². The van der Waals surface area contributed by atoms with Crippen molar-refractivity contribution < 1.29 is 31.2 Å². The van der Waals surface area contributed by atoms with Crippen molar-refractivity contribution >= 4 is 33.2 Å². The van der Waals surface area contributed by atoms with Gasteiger partial charge in [-0.1, -0.05) is 0 Å². The second-order valence-corrected chi connectivity index (χ2v) is 8.61. The molecule has 1 fully saturated rings. The fourth-order valence-electron chi connectivity index (χ4n) is 2.92. The van der Waals surface area contributed by atoms with Crippen LogP contribution in [0, 0.1) is 0 Å². The molecule has 0 unspecified atom stereocenters. The van der Waals surface area contributed by atoms with Crippen LogP contribution in [0.4, 0.5) is 24.5 Å². The van der Waals surface area contributed by atoms with Crippen molar-refractivity contribution in [2.45, 2.75) is 12.6 Å². The van der Waals surface area contributed by atoms with Crippen molar-refractivity contribution in [3.8, 4) is 0 Å². The molecule has 160 valence electrons. The maximum atomic E-state index is 12.5. The SMILES string of the molecule is O=C(CNC(=O)c1ccc(C(F)(F)F)cc1)Nc1ccc(N2CCCS2(=O)=O)cc1. The van der Waals surface area contributed by atoms with Gasteiger partial charge in [0.05, 0.1) is 23.5 Å². The topological polar surface area (TPSA) is 95.6 Å². The van der Waals surface area contributed by atoms with Gasteiger partial charge in [-0.05, 0) is 55.0 Å². The van der Waals surface area contributed by atoms with E-state index in [4.69, 9.17) is 0 Å². The molecule has 0 saturated carbocycles. The van der Waals surface area contributed by atoms with E-state index in [1.54, 1.807) is 24.3 Å². The van der Waals surface area contributed by atoms with E-state index in [0.717, 1.165) is 24.3 Å². The zero-order chi connectivity index (χ0) is 21.9. The average Bonchev–Trinajstić information content (AvgIpc) is 3.05. The minimum Gasteiger partial charge on any atom is -0.343 e. The van der Waals surface area contributed by atoms with Crippen LogP contribution in [0.25, 0.3) is 0 Å². The number of rotatable bonds is 5. The number of hydrogen-bond donors (Lipinski definition) is 2. The molecule has 0 aromatic heterocycles. The summed E-state index contributed by atoms with van der Waals surface area (Å²) >= 11 is 0. The van der Waals surface area contributed by atoms with Crippen molar-refractivity contribution in [3.05, 3.63) is 59.7 Å². The standard InChI is InChI=1S/C19H18F3N3O4S/c20-19(21,22)14-4-2-13(3-5-14)18(27)23-12-17(26)24-15-6-8-16(9-7-15)25-10-1-11-30(25,28)29/h2-9H,1,10-12H2,(H,23,27)(H,24,26). The first-order chi connectivity index (χ1) is 14.1. The molecule has 0 bridgehead atoms. The van der Waals surface area contributed by atoms with Crippen LogP contribution < -0.4 is 14.9 Å². The molecule has 1 heterocycles. The van der Waals surface area contributed by atoms with Gasteiger partial charge < -0.3 is 10.6 Å². The number of alkyl halides is 3. The lowest BCUT2D eigenvalue weighted by Gasteiger charge is -2.17. The summed E-state index contributed by atoms with van der Waals surface area (Å²) in [4.78, 5) is 24.0. The van der Waals surface area contributed by atoms with Gasteiger partial charge in [0.15, 0.2) is 0 Å². The summed E-state index contributed by atoms with van der Waals surface area (Å²) in [5.41, 5.74) is 0.0270. The first kappa shape index (κ1) is 21.6.